The molecular formula is C26H25N3O5. The number of esters is 1. The van der Waals surface area contributed by atoms with Gasteiger partial charge in [-0.1, -0.05) is 41.6 Å². The molecule has 1 aromatic heterocycles. The number of ether oxygens (including phenoxy) is 3. The third-order valence-corrected chi connectivity index (χ3v) is 5.44. The van der Waals surface area contributed by atoms with Crippen molar-refractivity contribution in [2.75, 3.05) is 20.8 Å². The van der Waals surface area contributed by atoms with Gasteiger partial charge in [0.05, 0.1) is 27.0 Å². The Labute approximate surface area is 197 Å². The molecule has 8 heteroatoms. The van der Waals surface area contributed by atoms with Crippen LogP contribution in [0.5, 0.6) is 17.2 Å². The molecule has 174 valence electrons. The Morgan fingerprint density at radius 3 is 2.41 bits per heavy atom. The summed E-state index contributed by atoms with van der Waals surface area (Å²) in [4.78, 5) is 12.7. The molecule has 0 atom stereocenters. The number of rotatable bonds is 7. The van der Waals surface area contributed by atoms with Gasteiger partial charge in [-0.05, 0) is 43.2 Å². The predicted molar refractivity (Wildman–Crippen MR) is 128 cm³/mol. The van der Waals surface area contributed by atoms with E-state index >= 15 is 0 Å². The topological polar surface area (TPSA) is 95.7 Å². The molecule has 0 amide bonds. The summed E-state index contributed by atoms with van der Waals surface area (Å²) < 4.78 is 17.5. The zero-order valence-corrected chi connectivity index (χ0v) is 19.4. The maximum Gasteiger partial charge on any atom is 0.342 e. The number of aryl methyl sites for hydroxylation is 1. The quantitative estimate of drug-likeness (QED) is 0.396. The van der Waals surface area contributed by atoms with Gasteiger partial charge in [0.15, 0.2) is 17.2 Å². The summed E-state index contributed by atoms with van der Waals surface area (Å²) in [5.74, 6) is 0.249. The third-order valence-electron chi connectivity index (χ3n) is 5.44. The smallest absolute Gasteiger partial charge is 0.342 e. The lowest BCUT2D eigenvalue weighted by atomic mass is 9.96. The Kier molecular flexibility index (Phi) is 6.49. The van der Waals surface area contributed by atoms with Crippen LogP contribution in [-0.2, 0) is 4.74 Å². The van der Waals surface area contributed by atoms with Gasteiger partial charge in [0.1, 0.15) is 16.9 Å². The van der Waals surface area contributed by atoms with E-state index < -0.39 is 5.97 Å². The van der Waals surface area contributed by atoms with Gasteiger partial charge in [-0.25, -0.2) is 9.48 Å². The first-order chi connectivity index (χ1) is 16.5. The van der Waals surface area contributed by atoms with Gasteiger partial charge in [0, 0.05) is 11.1 Å². The van der Waals surface area contributed by atoms with Crippen molar-refractivity contribution in [1.29, 1.82) is 0 Å². The summed E-state index contributed by atoms with van der Waals surface area (Å²) in [5.41, 5.74) is 3.81. The van der Waals surface area contributed by atoms with Crippen LogP contribution in [-0.4, -0.2) is 46.9 Å². The zero-order chi connectivity index (χ0) is 24.2. The van der Waals surface area contributed by atoms with Crippen LogP contribution in [0.4, 0.5) is 0 Å². The van der Waals surface area contributed by atoms with Crippen LogP contribution < -0.4 is 9.47 Å². The molecule has 0 aliphatic heterocycles. The summed E-state index contributed by atoms with van der Waals surface area (Å²) in [6.45, 7) is 3.65. The van der Waals surface area contributed by atoms with Gasteiger partial charge in [-0.3, -0.25) is 0 Å². The van der Waals surface area contributed by atoms with E-state index in [9.17, 15) is 9.90 Å². The largest absolute Gasteiger partial charge is 0.505 e. The highest BCUT2D eigenvalue weighted by Gasteiger charge is 2.25. The number of aromatic nitrogens is 3. The molecule has 0 aliphatic carbocycles. The van der Waals surface area contributed by atoms with Gasteiger partial charge in [-0.15, -0.1) is 5.10 Å². The number of aromatic hydroxyl groups is 1. The minimum Gasteiger partial charge on any atom is -0.505 e. The number of hydrogen-bond acceptors (Lipinski definition) is 7. The van der Waals surface area contributed by atoms with Crippen molar-refractivity contribution in [3.8, 4) is 45.3 Å². The molecule has 0 spiro atoms. The Hall–Kier alpha value is -4.33. The van der Waals surface area contributed by atoms with Gasteiger partial charge in [-0.2, -0.15) is 0 Å². The highest BCUT2D eigenvalue weighted by molar-refractivity contribution is 5.98. The van der Waals surface area contributed by atoms with E-state index in [0.717, 1.165) is 11.1 Å². The second kappa shape index (κ2) is 9.66. The number of phenolic OH excluding ortho intramolecular Hbond substituents is 1. The van der Waals surface area contributed by atoms with Crippen molar-refractivity contribution in [1.82, 2.24) is 15.0 Å². The van der Waals surface area contributed by atoms with Gasteiger partial charge < -0.3 is 19.3 Å². The van der Waals surface area contributed by atoms with E-state index in [1.807, 2.05) is 42.5 Å². The van der Waals surface area contributed by atoms with E-state index in [1.54, 1.807) is 46.4 Å². The molecule has 0 bridgehead atoms. The van der Waals surface area contributed by atoms with Crippen LogP contribution in [0.25, 0.3) is 28.1 Å². The lowest BCUT2D eigenvalue weighted by Gasteiger charge is -2.18. The van der Waals surface area contributed by atoms with E-state index in [4.69, 9.17) is 14.2 Å². The first-order valence-electron chi connectivity index (χ1n) is 10.7. The van der Waals surface area contributed by atoms with Crippen LogP contribution in [0.2, 0.25) is 0 Å². The molecule has 3 aromatic carbocycles. The summed E-state index contributed by atoms with van der Waals surface area (Å²) >= 11 is 0. The van der Waals surface area contributed by atoms with Crippen molar-refractivity contribution in [3.05, 3.63) is 71.9 Å². The Morgan fingerprint density at radius 1 is 1.00 bits per heavy atom. The zero-order valence-electron chi connectivity index (χ0n) is 19.4. The maximum atomic E-state index is 12.7. The van der Waals surface area contributed by atoms with E-state index in [2.05, 4.69) is 10.3 Å². The number of benzene rings is 3. The molecule has 34 heavy (non-hydrogen) atoms. The van der Waals surface area contributed by atoms with Crippen LogP contribution in [0.15, 0.2) is 60.8 Å². The number of hydrogen-bond donors (Lipinski definition) is 1. The molecule has 8 nitrogen and oxygen atoms in total. The molecule has 0 fully saturated rings. The highest BCUT2D eigenvalue weighted by atomic mass is 16.5. The molecule has 0 aliphatic rings. The van der Waals surface area contributed by atoms with Crippen molar-refractivity contribution >= 4 is 5.97 Å². The summed E-state index contributed by atoms with van der Waals surface area (Å²) in [5, 5.41) is 19.9. The summed E-state index contributed by atoms with van der Waals surface area (Å²) in [7, 11) is 3.12. The second-order valence-corrected chi connectivity index (χ2v) is 7.52. The predicted octanol–water partition coefficient (Wildman–Crippen LogP) is 4.81. The number of phenols is 1. The Bertz CT molecular complexity index is 1330. The van der Waals surface area contributed by atoms with Crippen LogP contribution >= 0.6 is 0 Å². The van der Waals surface area contributed by atoms with E-state index in [1.165, 1.54) is 4.68 Å². The van der Waals surface area contributed by atoms with E-state index in [0.29, 0.717) is 34.0 Å². The number of nitrogens with zero attached hydrogens (tertiary/aromatic N) is 3. The van der Waals surface area contributed by atoms with Gasteiger partial charge in [0.2, 0.25) is 0 Å². The molecule has 4 rings (SSSR count). The summed E-state index contributed by atoms with van der Waals surface area (Å²) in [6.07, 6.45) is 1.71. The van der Waals surface area contributed by atoms with Gasteiger partial charge in [0.25, 0.3) is 0 Å². The lowest BCUT2D eigenvalue weighted by molar-refractivity contribution is 0.0522. The molecule has 0 unspecified atom stereocenters. The van der Waals surface area contributed by atoms with Crippen molar-refractivity contribution < 1.29 is 24.1 Å². The Morgan fingerprint density at radius 2 is 1.74 bits per heavy atom. The third kappa shape index (κ3) is 4.17. The monoisotopic (exact) mass is 459 g/mol. The molecule has 0 saturated carbocycles. The average molecular weight is 460 g/mol. The summed E-state index contributed by atoms with van der Waals surface area (Å²) in [6, 6.07) is 16.8. The molecule has 0 saturated heterocycles. The van der Waals surface area contributed by atoms with Gasteiger partial charge >= 0.3 is 5.97 Å². The van der Waals surface area contributed by atoms with Crippen molar-refractivity contribution in [2.45, 2.75) is 13.8 Å². The van der Waals surface area contributed by atoms with Crippen molar-refractivity contribution in [2.24, 2.45) is 0 Å². The average Bonchev–Trinajstić information content (AvgIpc) is 3.33. The standard InChI is InChI=1S/C26H25N3O5/c1-5-34-26(31)23-16(2)13-19(18-11-12-21(32-3)22(14-18)33-4)24(25(23)30)29-15-20(27-28-29)17-9-7-6-8-10-17/h6-15,30H,5H2,1-4H3. The normalized spacial score (nSPS) is 10.7. The highest BCUT2D eigenvalue weighted by Crippen LogP contribution is 2.41. The first kappa shape index (κ1) is 22.8. The number of methoxy groups -OCH3 is 2. The SMILES string of the molecule is CCOC(=O)c1c(C)cc(-c2ccc(OC)c(OC)c2)c(-n2cc(-c3ccccc3)nn2)c1O. The van der Waals surface area contributed by atoms with Crippen molar-refractivity contribution in [3.63, 3.8) is 0 Å². The molecular weight excluding hydrogens is 434 g/mol. The minimum atomic E-state index is -0.610. The fraction of sp³-hybridized carbons (Fsp3) is 0.192. The van der Waals surface area contributed by atoms with E-state index in [-0.39, 0.29) is 17.9 Å². The Balaban J connectivity index is 1.96. The van der Waals surface area contributed by atoms with Crippen LogP contribution in [0.3, 0.4) is 0 Å². The minimum absolute atomic E-state index is 0.0813. The van der Waals surface area contributed by atoms with Crippen LogP contribution in [0, 0.1) is 6.92 Å². The number of carbonyl (C=O) groups excluding carboxylic acids is 1. The molecule has 1 N–H and O–H groups in total. The fourth-order valence-corrected chi connectivity index (χ4v) is 3.82. The van der Waals surface area contributed by atoms with Crippen LogP contribution in [0.1, 0.15) is 22.8 Å². The number of carbonyl (C=O) groups is 1. The molecule has 1 heterocycles. The first-order valence-corrected chi connectivity index (χ1v) is 10.7. The second-order valence-electron chi connectivity index (χ2n) is 7.52. The fourth-order valence-electron chi connectivity index (χ4n) is 3.82. The molecule has 0 radical (unpaired) electrons. The lowest BCUT2D eigenvalue weighted by Crippen LogP contribution is -2.10. The maximum absolute atomic E-state index is 12.7. The molecule has 4 aromatic rings.